The van der Waals surface area contributed by atoms with Crippen LogP contribution in [0, 0.1) is 5.41 Å². The highest BCUT2D eigenvalue weighted by Crippen LogP contribution is 2.30. The van der Waals surface area contributed by atoms with Crippen LogP contribution in [-0.2, 0) is 4.79 Å². The molecule has 6 heteroatoms. The lowest BCUT2D eigenvalue weighted by Crippen LogP contribution is -2.43. The summed E-state index contributed by atoms with van der Waals surface area (Å²) < 4.78 is 0. The van der Waals surface area contributed by atoms with Crippen molar-refractivity contribution in [3.8, 4) is 0 Å². The molecule has 1 amide bonds. The highest BCUT2D eigenvalue weighted by Gasteiger charge is 2.34. The maximum atomic E-state index is 12.5. The molecule has 0 saturated heterocycles. The van der Waals surface area contributed by atoms with E-state index in [9.17, 15) is 4.79 Å². The fourth-order valence-corrected chi connectivity index (χ4v) is 2.40. The van der Waals surface area contributed by atoms with E-state index >= 15 is 0 Å². The van der Waals surface area contributed by atoms with Crippen LogP contribution in [0.15, 0.2) is 30.5 Å². The second-order valence-electron chi connectivity index (χ2n) is 5.00. The Kier molecular flexibility index (Phi) is 4.44. The minimum atomic E-state index is -0.893. The van der Waals surface area contributed by atoms with Gasteiger partial charge in [-0.15, -0.1) is 0 Å². The summed E-state index contributed by atoms with van der Waals surface area (Å²) in [6.45, 7) is 3.60. The van der Waals surface area contributed by atoms with Gasteiger partial charge in [-0.1, -0.05) is 30.7 Å². The van der Waals surface area contributed by atoms with Gasteiger partial charge in [0, 0.05) is 11.6 Å². The highest BCUT2D eigenvalue weighted by molar-refractivity contribution is 7.80. The number of rotatable bonds is 4. The molecule has 1 unspecified atom stereocenters. The van der Waals surface area contributed by atoms with Gasteiger partial charge in [0.25, 0.3) is 0 Å². The SMILES string of the molecule is CCC(C)(C(=O)Nc1ccc(Cl)c2cccnc12)C(N)=S. The Morgan fingerprint density at radius 1 is 1.48 bits per heavy atom. The van der Waals surface area contributed by atoms with Gasteiger partial charge >= 0.3 is 0 Å². The lowest BCUT2D eigenvalue weighted by Gasteiger charge is -2.25. The van der Waals surface area contributed by atoms with Crippen LogP contribution in [0.1, 0.15) is 20.3 Å². The summed E-state index contributed by atoms with van der Waals surface area (Å²) in [6, 6.07) is 7.11. The molecular formula is C15H16ClN3OS. The molecule has 1 aromatic carbocycles. The van der Waals surface area contributed by atoms with E-state index in [1.807, 2.05) is 13.0 Å². The minimum Gasteiger partial charge on any atom is -0.392 e. The molecule has 1 heterocycles. The van der Waals surface area contributed by atoms with Crippen molar-refractivity contribution in [1.82, 2.24) is 4.98 Å². The number of pyridine rings is 1. The van der Waals surface area contributed by atoms with E-state index in [2.05, 4.69) is 10.3 Å². The highest BCUT2D eigenvalue weighted by atomic mass is 35.5. The largest absolute Gasteiger partial charge is 0.392 e. The number of carbonyl (C=O) groups excluding carboxylic acids is 1. The normalized spacial score (nSPS) is 13.7. The number of carbonyl (C=O) groups is 1. The second-order valence-corrected chi connectivity index (χ2v) is 5.85. The first kappa shape index (κ1) is 15.7. The Balaban J connectivity index is 2.43. The van der Waals surface area contributed by atoms with E-state index in [-0.39, 0.29) is 10.9 Å². The molecule has 2 aromatic rings. The van der Waals surface area contributed by atoms with Gasteiger partial charge < -0.3 is 11.1 Å². The van der Waals surface area contributed by atoms with E-state index in [0.717, 1.165) is 5.39 Å². The second kappa shape index (κ2) is 5.95. The zero-order chi connectivity index (χ0) is 15.6. The number of nitrogens with one attached hydrogen (secondary N) is 1. The van der Waals surface area contributed by atoms with Gasteiger partial charge in [-0.3, -0.25) is 9.78 Å². The van der Waals surface area contributed by atoms with Gasteiger partial charge in [0.05, 0.1) is 26.6 Å². The Hall–Kier alpha value is -1.72. The fraction of sp³-hybridized carbons (Fsp3) is 0.267. The molecule has 110 valence electrons. The zero-order valence-electron chi connectivity index (χ0n) is 11.8. The van der Waals surface area contributed by atoms with Gasteiger partial charge in [-0.2, -0.15) is 0 Å². The van der Waals surface area contributed by atoms with E-state index in [4.69, 9.17) is 29.6 Å². The smallest absolute Gasteiger partial charge is 0.237 e. The average molecular weight is 322 g/mol. The van der Waals surface area contributed by atoms with E-state index in [1.165, 1.54) is 0 Å². The molecule has 0 spiro atoms. The molecule has 0 aliphatic carbocycles. The fourth-order valence-electron chi connectivity index (χ4n) is 1.95. The Morgan fingerprint density at radius 2 is 2.19 bits per heavy atom. The molecule has 21 heavy (non-hydrogen) atoms. The van der Waals surface area contributed by atoms with Crippen LogP contribution in [0.4, 0.5) is 5.69 Å². The quantitative estimate of drug-likeness (QED) is 0.845. The summed E-state index contributed by atoms with van der Waals surface area (Å²) in [6.07, 6.45) is 2.17. The summed E-state index contributed by atoms with van der Waals surface area (Å²) >= 11 is 11.2. The molecule has 0 bridgehead atoms. The number of benzene rings is 1. The maximum absolute atomic E-state index is 12.5. The number of nitrogens with zero attached hydrogens (tertiary/aromatic N) is 1. The van der Waals surface area contributed by atoms with Crippen molar-refractivity contribution in [3.05, 3.63) is 35.5 Å². The predicted molar refractivity (Wildman–Crippen MR) is 90.6 cm³/mol. The lowest BCUT2D eigenvalue weighted by atomic mass is 9.86. The Bertz CT molecular complexity index is 719. The number of nitrogens with two attached hydrogens (primary N) is 1. The minimum absolute atomic E-state index is 0.175. The van der Waals surface area contributed by atoms with Gasteiger partial charge in [0.2, 0.25) is 5.91 Å². The molecule has 4 nitrogen and oxygen atoms in total. The van der Waals surface area contributed by atoms with Gasteiger partial charge in [0.1, 0.15) is 0 Å². The van der Waals surface area contributed by atoms with Gasteiger partial charge in [-0.25, -0.2) is 0 Å². The summed E-state index contributed by atoms with van der Waals surface area (Å²) in [4.78, 5) is 17.0. The van der Waals surface area contributed by atoms with Crippen molar-refractivity contribution < 1.29 is 4.79 Å². The van der Waals surface area contributed by atoms with Gasteiger partial charge in [0.15, 0.2) is 0 Å². The zero-order valence-corrected chi connectivity index (χ0v) is 13.4. The van der Waals surface area contributed by atoms with E-state index in [0.29, 0.717) is 22.6 Å². The summed E-state index contributed by atoms with van der Waals surface area (Å²) in [5.74, 6) is -0.244. The number of fused-ring (bicyclic) bond motifs is 1. The average Bonchev–Trinajstić information content (AvgIpc) is 2.49. The number of amides is 1. The number of thiocarbonyl (C=S) groups is 1. The first-order chi connectivity index (χ1) is 9.90. The predicted octanol–water partition coefficient (Wildman–Crippen LogP) is 3.53. The maximum Gasteiger partial charge on any atom is 0.237 e. The number of aromatic nitrogens is 1. The van der Waals surface area contributed by atoms with Crippen LogP contribution < -0.4 is 11.1 Å². The van der Waals surface area contributed by atoms with E-state index in [1.54, 1.807) is 31.3 Å². The molecule has 0 saturated carbocycles. The number of hydrogen-bond donors (Lipinski definition) is 2. The number of anilines is 1. The molecule has 1 atom stereocenters. The summed E-state index contributed by atoms with van der Waals surface area (Å²) in [7, 11) is 0. The van der Waals surface area contributed by atoms with Gasteiger partial charge in [-0.05, 0) is 37.6 Å². The van der Waals surface area contributed by atoms with Crippen molar-refractivity contribution >= 4 is 51.3 Å². The molecule has 0 aliphatic heterocycles. The van der Waals surface area contributed by atoms with Crippen LogP contribution in [0.25, 0.3) is 10.9 Å². The third-order valence-electron chi connectivity index (χ3n) is 3.72. The van der Waals surface area contributed by atoms with Crippen LogP contribution in [-0.4, -0.2) is 15.9 Å². The number of halogens is 1. The van der Waals surface area contributed by atoms with Crippen molar-refractivity contribution in [1.29, 1.82) is 0 Å². The summed E-state index contributed by atoms with van der Waals surface area (Å²) in [5, 5.41) is 4.23. The standard InChI is InChI=1S/C15H16ClN3OS/c1-3-15(2,13(17)21)14(20)19-11-7-6-10(16)9-5-4-8-18-12(9)11/h4-8H,3H2,1-2H3,(H2,17,21)(H,19,20). The van der Waals surface area contributed by atoms with Crippen LogP contribution in [0.5, 0.6) is 0 Å². The molecule has 0 fully saturated rings. The van der Waals surface area contributed by atoms with Crippen molar-refractivity contribution in [3.63, 3.8) is 0 Å². The first-order valence-corrected chi connectivity index (χ1v) is 7.33. The Morgan fingerprint density at radius 3 is 2.81 bits per heavy atom. The molecule has 2 rings (SSSR count). The lowest BCUT2D eigenvalue weighted by molar-refractivity contribution is -0.121. The van der Waals surface area contributed by atoms with E-state index < -0.39 is 5.41 Å². The van der Waals surface area contributed by atoms with Crippen LogP contribution in [0.2, 0.25) is 5.02 Å². The topological polar surface area (TPSA) is 68.0 Å². The van der Waals surface area contributed by atoms with Crippen molar-refractivity contribution in [2.45, 2.75) is 20.3 Å². The Labute approximate surface area is 133 Å². The van der Waals surface area contributed by atoms with Crippen molar-refractivity contribution in [2.75, 3.05) is 5.32 Å². The van der Waals surface area contributed by atoms with Crippen LogP contribution in [0.3, 0.4) is 0 Å². The third kappa shape index (κ3) is 2.84. The molecule has 1 aromatic heterocycles. The number of hydrogen-bond acceptors (Lipinski definition) is 3. The molecule has 0 radical (unpaired) electrons. The first-order valence-electron chi connectivity index (χ1n) is 6.54. The van der Waals surface area contributed by atoms with Crippen molar-refractivity contribution in [2.24, 2.45) is 11.1 Å². The third-order valence-corrected chi connectivity index (χ3v) is 4.50. The molecule has 3 N–H and O–H groups in total. The molecular weight excluding hydrogens is 306 g/mol. The summed E-state index contributed by atoms with van der Waals surface area (Å²) in [5.41, 5.74) is 6.05. The molecule has 0 aliphatic rings. The van der Waals surface area contributed by atoms with Crippen LogP contribution >= 0.6 is 23.8 Å². The monoisotopic (exact) mass is 321 g/mol.